The van der Waals surface area contributed by atoms with E-state index in [9.17, 15) is 19.0 Å². The van der Waals surface area contributed by atoms with E-state index in [-0.39, 0.29) is 31.3 Å². The fourth-order valence-electron chi connectivity index (χ4n) is 7.02. The van der Waals surface area contributed by atoms with E-state index in [1.165, 1.54) is 83.5 Å². The summed E-state index contributed by atoms with van der Waals surface area (Å²) < 4.78 is 30.1. The van der Waals surface area contributed by atoms with Gasteiger partial charge >= 0.3 is 5.97 Å². The van der Waals surface area contributed by atoms with E-state index in [1.54, 1.807) is 6.08 Å². The van der Waals surface area contributed by atoms with Crippen LogP contribution in [0, 0.1) is 0 Å². The molecule has 0 aliphatic rings. The van der Waals surface area contributed by atoms with Gasteiger partial charge in [-0.3, -0.25) is 14.2 Å². The second-order valence-electron chi connectivity index (χ2n) is 18.8. The lowest BCUT2D eigenvalue weighted by Gasteiger charge is -2.30. The van der Waals surface area contributed by atoms with Crippen molar-refractivity contribution in [2.24, 2.45) is 0 Å². The second kappa shape index (κ2) is 46.6. The van der Waals surface area contributed by atoms with Crippen molar-refractivity contribution in [3.05, 3.63) is 97.2 Å². The molecule has 0 aliphatic heterocycles. The molecule has 0 aliphatic carbocycles. The summed E-state index contributed by atoms with van der Waals surface area (Å²) in [4.78, 5) is 39.7. The lowest BCUT2D eigenvalue weighted by Crippen LogP contribution is -2.47. The number of ether oxygens (including phenoxy) is 1. The van der Waals surface area contributed by atoms with E-state index < -0.39 is 26.6 Å². The van der Waals surface area contributed by atoms with Gasteiger partial charge < -0.3 is 28.5 Å². The van der Waals surface area contributed by atoms with Gasteiger partial charge in [0.1, 0.15) is 19.3 Å². The zero-order chi connectivity index (χ0) is 49.4. The van der Waals surface area contributed by atoms with Crippen LogP contribution in [0.15, 0.2) is 97.2 Å². The third kappa shape index (κ3) is 47.8. The van der Waals surface area contributed by atoms with E-state index >= 15 is 0 Å². The predicted molar refractivity (Wildman–Crippen MR) is 284 cm³/mol. The smallest absolute Gasteiger partial charge is 0.306 e. The maximum atomic E-state index is 13.4. The maximum absolute atomic E-state index is 13.4. The van der Waals surface area contributed by atoms with Crippen molar-refractivity contribution in [3.63, 3.8) is 0 Å². The number of allylic oxidation sites excluding steroid dienone is 15. The third-order valence-electron chi connectivity index (χ3n) is 11.2. The summed E-state index contributed by atoms with van der Waals surface area (Å²) in [6.45, 7) is 6.60. The van der Waals surface area contributed by atoms with Gasteiger partial charge in [-0.25, -0.2) is 0 Å². The molecule has 67 heavy (non-hydrogen) atoms. The molecule has 0 saturated carbocycles. The van der Waals surface area contributed by atoms with E-state index in [1.807, 2.05) is 88.0 Å². The molecule has 0 rings (SSSR count). The molecule has 1 N–H and O–H groups in total. The van der Waals surface area contributed by atoms with E-state index in [2.05, 4.69) is 50.4 Å². The summed E-state index contributed by atoms with van der Waals surface area (Å²) in [6.07, 6.45) is 60.9. The number of carbonyl (C=O) groups is 2. The number of esters is 1. The van der Waals surface area contributed by atoms with Gasteiger partial charge in [-0.15, -0.1) is 0 Å². The van der Waals surface area contributed by atoms with Gasteiger partial charge in [-0.05, 0) is 76.7 Å². The molecule has 1 amide bonds. The Balaban J connectivity index is 5.52. The Bertz CT molecular complexity index is 1470. The van der Waals surface area contributed by atoms with Crippen molar-refractivity contribution in [1.29, 1.82) is 0 Å². The molecule has 9 nitrogen and oxygen atoms in total. The van der Waals surface area contributed by atoms with Crippen LogP contribution in [0.5, 0.6) is 0 Å². The van der Waals surface area contributed by atoms with Crippen LogP contribution in [0.25, 0.3) is 0 Å². The van der Waals surface area contributed by atoms with E-state index in [0.29, 0.717) is 23.9 Å². The molecule has 0 heterocycles. The number of nitrogens with one attached hydrogen (secondary N) is 1. The van der Waals surface area contributed by atoms with Crippen molar-refractivity contribution in [2.45, 2.75) is 213 Å². The van der Waals surface area contributed by atoms with Gasteiger partial charge in [0, 0.05) is 12.8 Å². The van der Waals surface area contributed by atoms with Gasteiger partial charge in [0.05, 0.1) is 33.8 Å². The molecule has 3 atom stereocenters. The zero-order valence-corrected chi connectivity index (χ0v) is 44.5. The van der Waals surface area contributed by atoms with Crippen LogP contribution in [-0.4, -0.2) is 69.4 Å². The highest BCUT2D eigenvalue weighted by atomic mass is 31.2. The fourth-order valence-corrected chi connectivity index (χ4v) is 7.74. The number of amides is 1. The van der Waals surface area contributed by atoms with E-state index in [4.69, 9.17) is 13.8 Å². The number of carbonyl (C=O) groups excluding carboxylic acids is 2. The monoisotopic (exact) mass is 955 g/mol. The molecule has 0 saturated heterocycles. The van der Waals surface area contributed by atoms with Crippen LogP contribution in [-0.2, 0) is 27.9 Å². The molecule has 0 fully saturated rings. The molecule has 0 aromatic carbocycles. The minimum Gasteiger partial charge on any atom is -0.756 e. The number of rotatable bonds is 46. The highest BCUT2D eigenvalue weighted by Crippen LogP contribution is 2.38. The molecule has 0 spiro atoms. The minimum absolute atomic E-state index is 0.0387. The summed E-state index contributed by atoms with van der Waals surface area (Å²) >= 11 is 0. The Kier molecular flexibility index (Phi) is 44.5. The minimum atomic E-state index is -4.71. The van der Waals surface area contributed by atoms with Crippen LogP contribution in [0.4, 0.5) is 0 Å². The largest absolute Gasteiger partial charge is 0.756 e. The number of hydrogen-bond acceptors (Lipinski definition) is 7. The number of phosphoric ester groups is 1. The fraction of sp³-hybridized carbons (Fsp3) is 0.684. The molecule has 10 heteroatoms. The van der Waals surface area contributed by atoms with Crippen molar-refractivity contribution >= 4 is 19.7 Å². The van der Waals surface area contributed by atoms with Crippen molar-refractivity contribution in [3.8, 4) is 0 Å². The van der Waals surface area contributed by atoms with Gasteiger partial charge in [0.25, 0.3) is 7.82 Å². The average molecular weight is 955 g/mol. The molecule has 0 aromatic rings. The zero-order valence-electron chi connectivity index (χ0n) is 43.6. The van der Waals surface area contributed by atoms with Crippen LogP contribution in [0.3, 0.4) is 0 Å². The summed E-state index contributed by atoms with van der Waals surface area (Å²) in [7, 11) is 1.13. The number of phosphoric acid groups is 1. The highest BCUT2D eigenvalue weighted by molar-refractivity contribution is 7.45. The summed E-state index contributed by atoms with van der Waals surface area (Å²) in [5.74, 6) is -0.621. The molecular formula is C57H99N2O7P. The Morgan fingerprint density at radius 3 is 1.48 bits per heavy atom. The van der Waals surface area contributed by atoms with Crippen molar-refractivity contribution in [1.82, 2.24) is 5.32 Å². The Morgan fingerprint density at radius 2 is 0.970 bits per heavy atom. The Morgan fingerprint density at radius 1 is 0.537 bits per heavy atom. The molecule has 0 radical (unpaired) electrons. The lowest BCUT2D eigenvalue weighted by atomic mass is 10.1. The number of nitrogens with zero attached hydrogens (tertiary/aromatic N) is 1. The first kappa shape index (κ1) is 63.9. The number of hydrogen-bond donors (Lipinski definition) is 1. The standard InChI is InChI=1S/C57H99N2O7P/c1-7-10-13-16-19-22-25-27-28-29-30-32-34-37-40-43-46-49-56(60)58-54(53-65-67(62,63)64-52-51-59(4,5)6)55(48-45-42-39-36-33-24-21-18-15-12-9-3)66-57(61)50-47-44-41-38-35-31-26-23-20-17-14-11-8-2/h10,13,16,19,22,25,27-32,34-35,45,48,54-55H,7-9,11-12,14-15,17-18,20-21,23-24,26,33,36-44,46-47,49-53H2,1-6H3,(H-,58,60,62,63)/b13-10-,19-16+,25-22+,28-27-,30-29+,34-32+,35-31-,48-45-. The average Bonchev–Trinajstić information content (AvgIpc) is 3.28. The Hall–Kier alpha value is -3.07. The van der Waals surface area contributed by atoms with Crippen molar-refractivity contribution < 1.29 is 37.3 Å². The van der Waals surface area contributed by atoms with Gasteiger partial charge in [-0.1, -0.05) is 208 Å². The van der Waals surface area contributed by atoms with Crippen LogP contribution in [0.1, 0.15) is 201 Å². The first-order valence-electron chi connectivity index (χ1n) is 26.6. The topological polar surface area (TPSA) is 114 Å². The molecular weight excluding hydrogens is 856 g/mol. The van der Waals surface area contributed by atoms with Gasteiger partial charge in [-0.2, -0.15) is 0 Å². The van der Waals surface area contributed by atoms with Gasteiger partial charge in [0.2, 0.25) is 5.91 Å². The number of likely N-dealkylation sites (N-methyl/N-ethyl adjacent to an activating group) is 1. The molecule has 0 bridgehead atoms. The SMILES string of the molecule is CC\C=C/C=C/C=C/C=C\C=C\C=C\CCCCCC(=O)NC(COP(=O)([O-])OCC[N+](C)(C)C)C(/C=C\CCCCCCCCCCC)OC(=O)CCCCC/C=C\CCCCCCCC. The number of unbranched alkanes of at least 4 members (excludes halogenated alkanes) is 21. The molecule has 3 unspecified atom stereocenters. The van der Waals surface area contributed by atoms with Crippen LogP contribution in [0.2, 0.25) is 0 Å². The van der Waals surface area contributed by atoms with Crippen LogP contribution < -0.4 is 10.2 Å². The first-order chi connectivity index (χ1) is 32.4. The Labute approximate surface area is 411 Å². The number of quaternary nitrogens is 1. The molecule has 384 valence electrons. The third-order valence-corrected chi connectivity index (χ3v) is 12.1. The quantitative estimate of drug-likeness (QED) is 0.0161. The van der Waals surface area contributed by atoms with Crippen molar-refractivity contribution in [2.75, 3.05) is 40.9 Å². The lowest BCUT2D eigenvalue weighted by molar-refractivity contribution is -0.870. The summed E-state index contributed by atoms with van der Waals surface area (Å²) in [5.41, 5.74) is 0. The van der Waals surface area contributed by atoms with Gasteiger partial charge in [0.15, 0.2) is 0 Å². The van der Waals surface area contributed by atoms with E-state index in [0.717, 1.165) is 70.6 Å². The molecule has 0 aromatic heterocycles. The summed E-state index contributed by atoms with van der Waals surface area (Å²) in [6, 6.07) is -0.921. The summed E-state index contributed by atoms with van der Waals surface area (Å²) in [5, 5.41) is 2.98. The first-order valence-corrected chi connectivity index (χ1v) is 28.1. The second-order valence-corrected chi connectivity index (χ2v) is 20.2. The van der Waals surface area contributed by atoms with Crippen LogP contribution >= 0.6 is 7.82 Å². The predicted octanol–water partition coefficient (Wildman–Crippen LogP) is 15.0. The highest BCUT2D eigenvalue weighted by Gasteiger charge is 2.27. The normalized spacial score (nSPS) is 14.7. The maximum Gasteiger partial charge on any atom is 0.306 e.